The average molecular weight is 612 g/mol. The molecule has 5 N–H and O–H groups in total. The number of carbonyl (C=O) groups excluding carboxylic acids is 5. The van der Waals surface area contributed by atoms with Crippen molar-refractivity contribution in [3.8, 4) is 0 Å². The highest BCUT2D eigenvalue weighted by Gasteiger charge is 2.38. The van der Waals surface area contributed by atoms with E-state index < -0.39 is 60.0 Å². The van der Waals surface area contributed by atoms with Crippen LogP contribution in [0.2, 0.25) is 0 Å². The fourth-order valence-electron chi connectivity index (χ4n) is 4.16. The normalized spacial score (nSPS) is 12.7. The Bertz CT molecular complexity index is 1390. The second-order valence-electron chi connectivity index (χ2n) is 10.4. The fourth-order valence-corrected chi connectivity index (χ4v) is 4.16. The highest BCUT2D eigenvalue weighted by molar-refractivity contribution is 5.99. The Morgan fingerprint density at radius 1 is 0.930 bits per heavy atom. The maximum absolute atomic E-state index is 13.2. The van der Waals surface area contributed by atoms with Crippen molar-refractivity contribution in [1.82, 2.24) is 21.3 Å². The van der Waals surface area contributed by atoms with Gasteiger partial charge in [0.25, 0.3) is 0 Å². The molecule has 2 rings (SSSR count). The number of hydrogen-bond donors (Lipinski definition) is 5. The number of alkyl halides is 3. The quantitative estimate of drug-likeness (QED) is 0.160. The Labute approximate surface area is 245 Å². The number of nitrogens with one attached hydrogen (secondary N) is 5. The molecule has 0 aliphatic rings. The van der Waals surface area contributed by atoms with Crippen LogP contribution in [0.25, 0.3) is 11.0 Å². The van der Waals surface area contributed by atoms with Crippen molar-refractivity contribution in [2.45, 2.75) is 71.6 Å². The van der Waals surface area contributed by atoms with Crippen molar-refractivity contribution < 1.29 is 41.6 Å². The van der Waals surface area contributed by atoms with Crippen LogP contribution in [0.15, 0.2) is 33.5 Å². The topological polar surface area (TPSA) is 176 Å². The minimum atomic E-state index is -5.02. The Morgan fingerprint density at radius 2 is 1.63 bits per heavy atom. The van der Waals surface area contributed by atoms with Gasteiger partial charge in [0.15, 0.2) is 0 Å². The molecule has 43 heavy (non-hydrogen) atoms. The fraction of sp³-hybridized carbons (Fsp3) is 0.500. The van der Waals surface area contributed by atoms with Crippen molar-refractivity contribution in [3.05, 3.63) is 40.2 Å². The van der Waals surface area contributed by atoms with Gasteiger partial charge in [-0.15, -0.1) is 0 Å². The minimum Gasteiger partial charge on any atom is -0.423 e. The van der Waals surface area contributed by atoms with E-state index in [0.29, 0.717) is 28.6 Å². The standard InChI is InChI=1S/C28H36F3N5O7/c1-15(2)11-21(34-17(4)37)25(40)33-14-23(38)36-20(7-5-6-10-32-27(42)28(29,30)31)26(41)35-18-8-9-22-19(13-18)16(3)12-24(39)43-22/h8-9,12-13,15,20-21H,5-7,10-11,14H2,1-4H3,(H,32,42)(H,33,40)(H,34,37)(H,35,41)(H,36,38). The maximum atomic E-state index is 13.2. The molecule has 1 heterocycles. The number of halogens is 3. The summed E-state index contributed by atoms with van der Waals surface area (Å²) in [6.45, 7) is 5.87. The van der Waals surface area contributed by atoms with Gasteiger partial charge >= 0.3 is 17.7 Å². The van der Waals surface area contributed by atoms with Crippen molar-refractivity contribution >= 4 is 46.2 Å². The molecule has 0 bridgehead atoms. The molecule has 236 valence electrons. The third-order valence-corrected chi connectivity index (χ3v) is 6.16. The van der Waals surface area contributed by atoms with Crippen LogP contribution >= 0.6 is 0 Å². The van der Waals surface area contributed by atoms with Crippen molar-refractivity contribution in [2.75, 3.05) is 18.4 Å². The summed E-state index contributed by atoms with van der Waals surface area (Å²) in [4.78, 5) is 72.5. The lowest BCUT2D eigenvalue weighted by Gasteiger charge is -2.21. The van der Waals surface area contributed by atoms with Crippen molar-refractivity contribution in [1.29, 1.82) is 0 Å². The van der Waals surface area contributed by atoms with E-state index in [0.717, 1.165) is 0 Å². The summed E-state index contributed by atoms with van der Waals surface area (Å²) in [5.41, 5.74) is 0.709. The molecular formula is C28H36F3N5O7. The van der Waals surface area contributed by atoms with Gasteiger partial charge in [0, 0.05) is 30.6 Å². The van der Waals surface area contributed by atoms with Crippen LogP contribution in [0.5, 0.6) is 0 Å². The molecule has 5 amide bonds. The number of aryl methyl sites for hydroxylation is 1. The number of anilines is 1. The largest absolute Gasteiger partial charge is 0.471 e. The molecule has 0 saturated carbocycles. The number of rotatable bonds is 14. The van der Waals surface area contributed by atoms with Gasteiger partial charge in [-0.1, -0.05) is 13.8 Å². The summed E-state index contributed by atoms with van der Waals surface area (Å²) in [7, 11) is 0. The summed E-state index contributed by atoms with van der Waals surface area (Å²) in [6, 6.07) is 3.83. The van der Waals surface area contributed by atoms with Crippen LogP contribution in [0.1, 0.15) is 52.0 Å². The van der Waals surface area contributed by atoms with E-state index in [2.05, 4.69) is 21.3 Å². The summed E-state index contributed by atoms with van der Waals surface area (Å²) in [6.07, 6.45) is -4.45. The predicted octanol–water partition coefficient (Wildman–Crippen LogP) is 2.04. The average Bonchev–Trinajstić information content (AvgIpc) is 2.89. The number of unbranched alkanes of at least 4 members (excludes halogenated alkanes) is 1. The lowest BCUT2D eigenvalue weighted by atomic mass is 10.0. The van der Waals surface area contributed by atoms with Gasteiger partial charge < -0.3 is 31.0 Å². The van der Waals surface area contributed by atoms with Gasteiger partial charge in [-0.3, -0.25) is 24.0 Å². The molecule has 2 atom stereocenters. The molecule has 12 nitrogen and oxygen atoms in total. The monoisotopic (exact) mass is 611 g/mol. The molecule has 0 radical (unpaired) electrons. The van der Waals surface area contributed by atoms with Crippen LogP contribution in [0.4, 0.5) is 18.9 Å². The molecule has 1 aromatic carbocycles. The summed E-state index contributed by atoms with van der Waals surface area (Å²) in [5, 5.41) is 12.4. The first-order valence-corrected chi connectivity index (χ1v) is 13.6. The van der Waals surface area contributed by atoms with E-state index in [4.69, 9.17) is 4.42 Å². The van der Waals surface area contributed by atoms with Gasteiger partial charge in [-0.05, 0) is 62.3 Å². The van der Waals surface area contributed by atoms with Gasteiger partial charge in [0.1, 0.15) is 17.7 Å². The molecule has 1 aromatic heterocycles. The molecule has 0 aliphatic carbocycles. The second kappa shape index (κ2) is 15.7. The number of hydrogen-bond acceptors (Lipinski definition) is 7. The van der Waals surface area contributed by atoms with E-state index in [9.17, 15) is 41.9 Å². The maximum Gasteiger partial charge on any atom is 0.471 e. The van der Waals surface area contributed by atoms with E-state index in [1.165, 1.54) is 25.1 Å². The number of benzene rings is 1. The number of fused-ring (bicyclic) bond motifs is 1. The minimum absolute atomic E-state index is 0.00322. The molecule has 2 aromatic rings. The van der Waals surface area contributed by atoms with E-state index in [1.807, 2.05) is 13.8 Å². The smallest absolute Gasteiger partial charge is 0.423 e. The summed E-state index contributed by atoms with van der Waals surface area (Å²) in [5.74, 6) is -4.38. The summed E-state index contributed by atoms with van der Waals surface area (Å²) < 4.78 is 42.4. The van der Waals surface area contributed by atoms with Crippen molar-refractivity contribution in [2.24, 2.45) is 5.92 Å². The second-order valence-corrected chi connectivity index (χ2v) is 10.4. The van der Waals surface area contributed by atoms with Gasteiger partial charge in [-0.25, -0.2) is 4.79 Å². The number of amides is 5. The molecule has 2 unspecified atom stereocenters. The Balaban J connectivity index is 2.09. The Morgan fingerprint density at radius 3 is 2.26 bits per heavy atom. The van der Waals surface area contributed by atoms with Crippen LogP contribution in [0, 0.1) is 12.8 Å². The lowest BCUT2D eigenvalue weighted by molar-refractivity contribution is -0.173. The first-order chi connectivity index (χ1) is 20.1. The third kappa shape index (κ3) is 11.8. The Kier molecular flexibility index (Phi) is 12.7. The predicted molar refractivity (Wildman–Crippen MR) is 151 cm³/mol. The Hall–Kier alpha value is -4.43. The lowest BCUT2D eigenvalue weighted by Crippen LogP contribution is -2.51. The van der Waals surface area contributed by atoms with Gasteiger partial charge in [-0.2, -0.15) is 13.2 Å². The molecule has 15 heteroatoms. The zero-order valence-electron chi connectivity index (χ0n) is 24.3. The van der Waals surface area contributed by atoms with E-state index >= 15 is 0 Å². The SMILES string of the molecule is CC(=O)NC(CC(C)C)C(=O)NCC(=O)NC(CCCCNC(=O)C(F)(F)F)C(=O)Nc1ccc2oc(=O)cc(C)c2c1. The highest BCUT2D eigenvalue weighted by atomic mass is 19.4. The first-order valence-electron chi connectivity index (χ1n) is 13.6. The third-order valence-electron chi connectivity index (χ3n) is 6.16. The van der Waals surface area contributed by atoms with Gasteiger partial charge in [0.05, 0.1) is 6.54 Å². The first kappa shape index (κ1) is 34.8. The molecule has 0 aliphatic heterocycles. The number of carbonyl (C=O) groups is 5. The zero-order valence-corrected chi connectivity index (χ0v) is 24.3. The molecule has 0 saturated heterocycles. The van der Waals surface area contributed by atoms with E-state index in [1.54, 1.807) is 18.3 Å². The van der Waals surface area contributed by atoms with E-state index in [-0.39, 0.29) is 31.7 Å². The molecule has 0 fully saturated rings. The van der Waals surface area contributed by atoms with Crippen LogP contribution < -0.4 is 32.2 Å². The highest BCUT2D eigenvalue weighted by Crippen LogP contribution is 2.21. The van der Waals surface area contributed by atoms with Crippen LogP contribution in [-0.2, 0) is 24.0 Å². The molecular weight excluding hydrogens is 575 g/mol. The van der Waals surface area contributed by atoms with Gasteiger partial charge in [0.2, 0.25) is 23.6 Å². The van der Waals surface area contributed by atoms with Crippen LogP contribution in [-0.4, -0.2) is 60.9 Å². The van der Waals surface area contributed by atoms with Crippen LogP contribution in [0.3, 0.4) is 0 Å². The summed E-state index contributed by atoms with van der Waals surface area (Å²) >= 11 is 0. The molecule has 0 spiro atoms. The zero-order chi connectivity index (χ0) is 32.3. The van der Waals surface area contributed by atoms with Crippen molar-refractivity contribution in [3.63, 3.8) is 0 Å².